The average molecular weight is 429 g/mol. The molecule has 3 aromatic rings. The number of amides is 2. The highest BCUT2D eigenvalue weighted by Gasteiger charge is 2.13. The summed E-state index contributed by atoms with van der Waals surface area (Å²) >= 11 is 6.02. The van der Waals surface area contributed by atoms with Crippen molar-refractivity contribution < 1.29 is 19.4 Å². The normalized spacial score (nSPS) is 10.5. The molecular weight excluding hydrogens is 408 g/mol. The van der Waals surface area contributed by atoms with E-state index in [1.54, 1.807) is 23.9 Å². The van der Waals surface area contributed by atoms with E-state index in [-0.39, 0.29) is 12.3 Å². The second-order valence-corrected chi connectivity index (χ2v) is 6.83. The Balaban J connectivity index is 1.83. The molecule has 30 heavy (non-hydrogen) atoms. The molecule has 1 aromatic heterocycles. The number of aliphatic hydroxyl groups is 1. The maximum atomic E-state index is 11.9. The van der Waals surface area contributed by atoms with E-state index in [9.17, 15) is 9.59 Å². The van der Waals surface area contributed by atoms with Gasteiger partial charge in [0.05, 0.1) is 24.2 Å². The number of ether oxygens (including phenoxy) is 1. The summed E-state index contributed by atoms with van der Waals surface area (Å²) in [6.45, 7) is -0.697. The number of rotatable bonds is 7. The fraction of sp³-hybridized carbons (Fsp3) is 0.190. The van der Waals surface area contributed by atoms with Gasteiger partial charge in [0.1, 0.15) is 12.4 Å². The first kappa shape index (κ1) is 21.4. The molecule has 0 saturated heterocycles. The Morgan fingerprint density at radius 2 is 1.73 bits per heavy atom. The molecule has 2 aromatic carbocycles. The standard InChI is InChI=1S/C21H21ClN4O4/c1-30-18-9-7-17(8-10-18)26-19(14-2-4-15(22)5-3-14)12-16(25-26)6-11-20(28)23-24-21(29)13-27/h2-5,7-10,12,27H,6,11,13H2,1H3,(H,23,28)(H,24,29). The predicted octanol–water partition coefficient (Wildman–Crippen LogP) is 2.27. The van der Waals surface area contributed by atoms with Crippen molar-refractivity contribution in [2.24, 2.45) is 0 Å². The van der Waals surface area contributed by atoms with Crippen molar-refractivity contribution in [2.45, 2.75) is 12.8 Å². The van der Waals surface area contributed by atoms with E-state index in [0.717, 1.165) is 22.7 Å². The van der Waals surface area contributed by atoms with Crippen LogP contribution in [0.15, 0.2) is 54.6 Å². The zero-order valence-electron chi connectivity index (χ0n) is 16.3. The molecule has 0 aliphatic rings. The number of aryl methyl sites for hydroxylation is 1. The maximum absolute atomic E-state index is 11.9. The molecule has 0 aliphatic heterocycles. The van der Waals surface area contributed by atoms with Crippen molar-refractivity contribution in [3.63, 3.8) is 0 Å². The molecule has 1 heterocycles. The number of benzene rings is 2. The second kappa shape index (κ2) is 9.91. The van der Waals surface area contributed by atoms with Gasteiger partial charge in [0.25, 0.3) is 5.91 Å². The minimum absolute atomic E-state index is 0.116. The summed E-state index contributed by atoms with van der Waals surface area (Å²) in [5, 5.41) is 14.0. The summed E-state index contributed by atoms with van der Waals surface area (Å²) in [6.07, 6.45) is 0.482. The molecule has 0 saturated carbocycles. The Morgan fingerprint density at radius 1 is 1.07 bits per heavy atom. The van der Waals surface area contributed by atoms with Crippen LogP contribution in [0.25, 0.3) is 16.9 Å². The number of carbonyl (C=O) groups is 2. The molecule has 0 bridgehead atoms. The van der Waals surface area contributed by atoms with Crippen molar-refractivity contribution >= 4 is 23.4 Å². The molecular formula is C21H21ClN4O4. The van der Waals surface area contributed by atoms with E-state index in [4.69, 9.17) is 21.4 Å². The summed E-state index contributed by atoms with van der Waals surface area (Å²) in [6, 6.07) is 16.8. The topological polar surface area (TPSA) is 105 Å². The summed E-state index contributed by atoms with van der Waals surface area (Å²) in [5.41, 5.74) is 7.68. The molecule has 0 radical (unpaired) electrons. The first-order chi connectivity index (χ1) is 14.5. The molecule has 156 valence electrons. The lowest BCUT2D eigenvalue weighted by Crippen LogP contribution is -2.43. The van der Waals surface area contributed by atoms with Crippen LogP contribution in [0.5, 0.6) is 5.75 Å². The minimum atomic E-state index is -0.697. The first-order valence-corrected chi connectivity index (χ1v) is 9.56. The van der Waals surface area contributed by atoms with Gasteiger partial charge in [-0.25, -0.2) is 4.68 Å². The van der Waals surface area contributed by atoms with Crippen molar-refractivity contribution in [3.8, 4) is 22.7 Å². The Bertz CT molecular complexity index is 1020. The quantitative estimate of drug-likeness (QED) is 0.501. The number of hydrogen-bond acceptors (Lipinski definition) is 5. The van der Waals surface area contributed by atoms with E-state index in [1.807, 2.05) is 42.5 Å². The summed E-state index contributed by atoms with van der Waals surface area (Å²) < 4.78 is 7.01. The molecule has 2 amide bonds. The lowest BCUT2D eigenvalue weighted by molar-refractivity contribution is -0.130. The third-order valence-corrected chi connectivity index (χ3v) is 4.56. The predicted molar refractivity (Wildman–Crippen MR) is 112 cm³/mol. The summed E-state index contributed by atoms with van der Waals surface area (Å²) in [5.74, 6) is -0.332. The van der Waals surface area contributed by atoms with E-state index in [2.05, 4.69) is 16.0 Å². The number of aromatic nitrogens is 2. The zero-order valence-corrected chi connectivity index (χ0v) is 17.0. The highest BCUT2D eigenvalue weighted by atomic mass is 35.5. The van der Waals surface area contributed by atoms with Gasteiger partial charge in [-0.05, 0) is 42.5 Å². The fourth-order valence-electron chi connectivity index (χ4n) is 2.78. The molecule has 0 unspecified atom stereocenters. The van der Waals surface area contributed by atoms with Gasteiger partial charge in [-0.3, -0.25) is 20.4 Å². The van der Waals surface area contributed by atoms with Crippen LogP contribution in [-0.4, -0.2) is 40.4 Å². The molecule has 8 nitrogen and oxygen atoms in total. The van der Waals surface area contributed by atoms with E-state index < -0.39 is 12.5 Å². The number of aliphatic hydroxyl groups excluding tert-OH is 1. The van der Waals surface area contributed by atoms with Crippen molar-refractivity contribution in [1.29, 1.82) is 0 Å². The molecule has 0 atom stereocenters. The largest absolute Gasteiger partial charge is 0.497 e. The zero-order chi connectivity index (χ0) is 21.5. The van der Waals surface area contributed by atoms with Gasteiger partial charge < -0.3 is 9.84 Å². The first-order valence-electron chi connectivity index (χ1n) is 9.18. The SMILES string of the molecule is COc1ccc(-n2nc(CCC(=O)NNC(=O)CO)cc2-c2ccc(Cl)cc2)cc1. The molecule has 0 spiro atoms. The number of nitrogens with one attached hydrogen (secondary N) is 2. The van der Waals surface area contributed by atoms with Gasteiger partial charge in [-0.2, -0.15) is 5.10 Å². The van der Waals surface area contributed by atoms with Gasteiger partial charge in [0.15, 0.2) is 0 Å². The number of methoxy groups -OCH3 is 1. The Hall–Kier alpha value is -3.36. The Morgan fingerprint density at radius 3 is 2.37 bits per heavy atom. The molecule has 9 heteroatoms. The average Bonchev–Trinajstić information content (AvgIpc) is 3.20. The van der Waals surface area contributed by atoms with E-state index >= 15 is 0 Å². The summed E-state index contributed by atoms with van der Waals surface area (Å²) in [4.78, 5) is 22.9. The molecule has 3 rings (SSSR count). The van der Waals surface area contributed by atoms with Gasteiger partial charge in [0, 0.05) is 23.4 Å². The van der Waals surface area contributed by atoms with E-state index in [1.165, 1.54) is 0 Å². The maximum Gasteiger partial charge on any atom is 0.264 e. The monoisotopic (exact) mass is 428 g/mol. The van der Waals surface area contributed by atoms with E-state index in [0.29, 0.717) is 17.1 Å². The van der Waals surface area contributed by atoms with Gasteiger partial charge >= 0.3 is 0 Å². The lowest BCUT2D eigenvalue weighted by atomic mass is 10.1. The Labute approximate surface area is 178 Å². The summed E-state index contributed by atoms with van der Waals surface area (Å²) in [7, 11) is 1.61. The van der Waals surface area contributed by atoms with Crippen molar-refractivity contribution in [1.82, 2.24) is 20.6 Å². The number of hydrazine groups is 1. The third-order valence-electron chi connectivity index (χ3n) is 4.31. The second-order valence-electron chi connectivity index (χ2n) is 6.39. The van der Waals surface area contributed by atoms with Gasteiger partial charge in [-0.15, -0.1) is 0 Å². The number of carbonyl (C=O) groups excluding carboxylic acids is 2. The smallest absolute Gasteiger partial charge is 0.264 e. The van der Waals surface area contributed by atoms with Crippen LogP contribution in [-0.2, 0) is 16.0 Å². The van der Waals surface area contributed by atoms with Crippen LogP contribution in [0, 0.1) is 0 Å². The van der Waals surface area contributed by atoms with Crippen LogP contribution in [0.3, 0.4) is 0 Å². The van der Waals surface area contributed by atoms with Gasteiger partial charge in [-0.1, -0.05) is 23.7 Å². The molecule has 0 fully saturated rings. The number of hydrogen-bond donors (Lipinski definition) is 3. The van der Waals surface area contributed by atoms with Crippen LogP contribution in [0.4, 0.5) is 0 Å². The highest BCUT2D eigenvalue weighted by molar-refractivity contribution is 6.30. The minimum Gasteiger partial charge on any atom is -0.497 e. The van der Waals surface area contributed by atoms with Crippen molar-refractivity contribution in [2.75, 3.05) is 13.7 Å². The van der Waals surface area contributed by atoms with Crippen LogP contribution in [0.1, 0.15) is 12.1 Å². The van der Waals surface area contributed by atoms with Gasteiger partial charge in [0.2, 0.25) is 5.91 Å². The number of halogens is 1. The van der Waals surface area contributed by atoms with Crippen LogP contribution >= 0.6 is 11.6 Å². The lowest BCUT2D eigenvalue weighted by Gasteiger charge is -2.08. The molecule has 0 aliphatic carbocycles. The van der Waals surface area contributed by atoms with Crippen molar-refractivity contribution in [3.05, 3.63) is 65.3 Å². The number of nitrogens with zero attached hydrogens (tertiary/aromatic N) is 2. The third kappa shape index (κ3) is 5.37. The van der Waals surface area contributed by atoms with Crippen LogP contribution in [0.2, 0.25) is 5.02 Å². The van der Waals surface area contributed by atoms with Crippen LogP contribution < -0.4 is 15.6 Å². The Kier molecular flexibility index (Phi) is 7.05. The fourth-order valence-corrected chi connectivity index (χ4v) is 2.91. The highest BCUT2D eigenvalue weighted by Crippen LogP contribution is 2.27. The molecule has 3 N–H and O–H groups in total.